The summed E-state index contributed by atoms with van der Waals surface area (Å²) in [6.07, 6.45) is 6.05. The molecule has 0 N–H and O–H groups in total. The van der Waals surface area contributed by atoms with Crippen molar-refractivity contribution in [2.75, 3.05) is 13.2 Å². The molecule has 1 aromatic carbocycles. The van der Waals surface area contributed by atoms with Crippen LogP contribution in [0.15, 0.2) is 48.8 Å². The monoisotopic (exact) mass is 356 g/mol. The maximum atomic E-state index is 13.1. The molecular formula is C21H25FN2O2. The molecule has 5 heteroatoms. The molecule has 0 radical (unpaired) electrons. The molecular weight excluding hydrogens is 331 g/mol. The summed E-state index contributed by atoms with van der Waals surface area (Å²) in [6.45, 7) is 3.90. The quantitative estimate of drug-likeness (QED) is 0.755. The number of nitrogens with zero attached hydrogens (tertiary/aromatic N) is 2. The first kappa shape index (κ1) is 18.5. The molecule has 1 saturated heterocycles. The largest absolute Gasteiger partial charge is 0.376 e. The van der Waals surface area contributed by atoms with Crippen LogP contribution in [0.1, 0.15) is 43.2 Å². The van der Waals surface area contributed by atoms with Crippen LogP contribution in [-0.4, -0.2) is 35.0 Å². The van der Waals surface area contributed by atoms with E-state index in [0.717, 1.165) is 30.6 Å². The predicted molar refractivity (Wildman–Crippen MR) is 98.1 cm³/mol. The third kappa shape index (κ3) is 5.11. The lowest BCUT2D eigenvalue weighted by Crippen LogP contribution is -2.37. The lowest BCUT2D eigenvalue weighted by atomic mass is 9.97. The molecule has 1 aliphatic heterocycles. The number of benzene rings is 1. The van der Waals surface area contributed by atoms with Crippen LogP contribution in [0.2, 0.25) is 0 Å². The molecule has 2 unspecified atom stereocenters. The molecule has 2 heterocycles. The highest BCUT2D eigenvalue weighted by molar-refractivity contribution is 5.77. The van der Waals surface area contributed by atoms with Gasteiger partial charge >= 0.3 is 0 Å². The Labute approximate surface area is 154 Å². The van der Waals surface area contributed by atoms with Crippen LogP contribution < -0.4 is 0 Å². The molecule has 26 heavy (non-hydrogen) atoms. The molecule has 3 rings (SSSR count). The van der Waals surface area contributed by atoms with E-state index in [2.05, 4.69) is 4.98 Å². The SMILES string of the molecule is CC(CC(=O)N(Cc1cccnc1)CC1CCCO1)c1ccc(F)cc1. The van der Waals surface area contributed by atoms with Crippen LogP contribution in [0.25, 0.3) is 0 Å². The number of aromatic nitrogens is 1. The molecule has 0 aliphatic carbocycles. The highest BCUT2D eigenvalue weighted by atomic mass is 19.1. The zero-order valence-corrected chi connectivity index (χ0v) is 15.1. The van der Waals surface area contributed by atoms with Gasteiger partial charge in [0.25, 0.3) is 0 Å². The summed E-state index contributed by atoms with van der Waals surface area (Å²) in [5, 5.41) is 0. The molecule has 1 amide bonds. The smallest absolute Gasteiger partial charge is 0.223 e. The van der Waals surface area contributed by atoms with Crippen LogP contribution in [0.3, 0.4) is 0 Å². The van der Waals surface area contributed by atoms with Crippen molar-refractivity contribution in [2.45, 2.75) is 44.8 Å². The lowest BCUT2D eigenvalue weighted by Gasteiger charge is -2.27. The van der Waals surface area contributed by atoms with Crippen molar-refractivity contribution < 1.29 is 13.9 Å². The van der Waals surface area contributed by atoms with Crippen molar-refractivity contribution in [3.05, 3.63) is 65.7 Å². The second-order valence-electron chi connectivity index (χ2n) is 6.93. The van der Waals surface area contributed by atoms with Gasteiger partial charge in [0.15, 0.2) is 0 Å². The van der Waals surface area contributed by atoms with E-state index in [1.807, 2.05) is 24.0 Å². The Bertz CT molecular complexity index is 700. The Morgan fingerprint density at radius 1 is 1.35 bits per heavy atom. The van der Waals surface area contributed by atoms with Gasteiger partial charge in [0.1, 0.15) is 5.82 Å². The van der Waals surface area contributed by atoms with E-state index in [-0.39, 0.29) is 23.7 Å². The molecule has 2 aromatic rings. The molecule has 138 valence electrons. The predicted octanol–water partition coefficient (Wildman–Crippen LogP) is 3.92. The maximum Gasteiger partial charge on any atom is 0.223 e. The summed E-state index contributed by atoms with van der Waals surface area (Å²) in [5.41, 5.74) is 1.98. The number of halogens is 1. The first-order valence-electron chi connectivity index (χ1n) is 9.15. The molecule has 4 nitrogen and oxygen atoms in total. The van der Waals surface area contributed by atoms with Gasteiger partial charge in [-0.1, -0.05) is 25.1 Å². The third-order valence-corrected chi connectivity index (χ3v) is 4.82. The summed E-state index contributed by atoms with van der Waals surface area (Å²) < 4.78 is 18.8. The van der Waals surface area contributed by atoms with Gasteiger partial charge in [-0.25, -0.2) is 4.39 Å². The summed E-state index contributed by atoms with van der Waals surface area (Å²) in [7, 11) is 0. The summed E-state index contributed by atoms with van der Waals surface area (Å²) in [4.78, 5) is 19.0. The molecule has 2 atom stereocenters. The standard InChI is InChI=1S/C21H25FN2O2/c1-16(18-6-8-19(22)9-7-18)12-21(25)24(15-20-5-3-11-26-20)14-17-4-2-10-23-13-17/h2,4,6-10,13,16,20H,3,5,11-12,14-15H2,1H3. The first-order chi connectivity index (χ1) is 12.6. The Kier molecular flexibility index (Phi) is 6.34. The van der Waals surface area contributed by atoms with Gasteiger partial charge in [0, 0.05) is 38.5 Å². The van der Waals surface area contributed by atoms with E-state index < -0.39 is 0 Å². The molecule has 0 spiro atoms. The number of rotatable bonds is 7. The van der Waals surface area contributed by atoms with E-state index >= 15 is 0 Å². The van der Waals surface area contributed by atoms with E-state index in [0.29, 0.717) is 19.5 Å². The van der Waals surface area contributed by atoms with Crippen molar-refractivity contribution in [2.24, 2.45) is 0 Å². The first-order valence-corrected chi connectivity index (χ1v) is 9.15. The van der Waals surface area contributed by atoms with Crippen molar-refractivity contribution in [1.29, 1.82) is 0 Å². The topological polar surface area (TPSA) is 42.4 Å². The zero-order chi connectivity index (χ0) is 18.4. The number of ether oxygens (including phenoxy) is 1. The zero-order valence-electron chi connectivity index (χ0n) is 15.1. The number of carbonyl (C=O) groups is 1. The second-order valence-corrected chi connectivity index (χ2v) is 6.93. The van der Waals surface area contributed by atoms with Gasteiger partial charge in [-0.2, -0.15) is 0 Å². The van der Waals surface area contributed by atoms with Gasteiger partial charge < -0.3 is 9.64 Å². The summed E-state index contributed by atoms with van der Waals surface area (Å²) >= 11 is 0. The highest BCUT2D eigenvalue weighted by Crippen LogP contribution is 2.22. The summed E-state index contributed by atoms with van der Waals surface area (Å²) in [5.74, 6) is -0.144. The lowest BCUT2D eigenvalue weighted by molar-refractivity contribution is -0.133. The molecule has 0 saturated carbocycles. The molecule has 1 aliphatic rings. The number of hydrogen-bond acceptors (Lipinski definition) is 3. The van der Waals surface area contributed by atoms with Crippen LogP contribution in [-0.2, 0) is 16.1 Å². The normalized spacial score (nSPS) is 17.8. The average molecular weight is 356 g/mol. The average Bonchev–Trinajstić information content (AvgIpc) is 3.15. The van der Waals surface area contributed by atoms with Crippen LogP contribution >= 0.6 is 0 Å². The van der Waals surface area contributed by atoms with Gasteiger partial charge in [0.05, 0.1) is 6.10 Å². The number of hydrogen-bond donors (Lipinski definition) is 0. The molecule has 0 bridgehead atoms. The number of carbonyl (C=O) groups excluding carboxylic acids is 1. The van der Waals surface area contributed by atoms with E-state index in [1.54, 1.807) is 24.5 Å². The van der Waals surface area contributed by atoms with Crippen molar-refractivity contribution in [1.82, 2.24) is 9.88 Å². The fourth-order valence-corrected chi connectivity index (χ4v) is 3.30. The fourth-order valence-electron chi connectivity index (χ4n) is 3.30. The summed E-state index contributed by atoms with van der Waals surface area (Å²) in [6, 6.07) is 10.2. The van der Waals surface area contributed by atoms with Gasteiger partial charge in [-0.3, -0.25) is 9.78 Å². The van der Waals surface area contributed by atoms with Gasteiger partial charge in [-0.05, 0) is 48.1 Å². The minimum atomic E-state index is -0.260. The van der Waals surface area contributed by atoms with Gasteiger partial charge in [-0.15, -0.1) is 0 Å². The number of amides is 1. The van der Waals surface area contributed by atoms with E-state index in [9.17, 15) is 9.18 Å². The van der Waals surface area contributed by atoms with E-state index in [4.69, 9.17) is 4.74 Å². The van der Waals surface area contributed by atoms with Gasteiger partial charge in [0.2, 0.25) is 5.91 Å². The van der Waals surface area contributed by atoms with Crippen molar-refractivity contribution >= 4 is 5.91 Å². The Morgan fingerprint density at radius 3 is 2.81 bits per heavy atom. The minimum Gasteiger partial charge on any atom is -0.376 e. The number of pyridine rings is 1. The van der Waals surface area contributed by atoms with Crippen LogP contribution in [0.5, 0.6) is 0 Å². The highest BCUT2D eigenvalue weighted by Gasteiger charge is 2.24. The maximum absolute atomic E-state index is 13.1. The Balaban J connectivity index is 1.67. The van der Waals surface area contributed by atoms with E-state index in [1.165, 1.54) is 12.1 Å². The van der Waals surface area contributed by atoms with Crippen molar-refractivity contribution in [3.63, 3.8) is 0 Å². The Hall–Kier alpha value is -2.27. The molecule has 1 fully saturated rings. The second kappa shape index (κ2) is 8.90. The minimum absolute atomic E-state index is 0.0315. The van der Waals surface area contributed by atoms with Crippen LogP contribution in [0.4, 0.5) is 4.39 Å². The van der Waals surface area contributed by atoms with Crippen molar-refractivity contribution in [3.8, 4) is 0 Å². The Morgan fingerprint density at radius 2 is 2.15 bits per heavy atom. The fraction of sp³-hybridized carbons (Fsp3) is 0.429. The molecule has 1 aromatic heterocycles. The van der Waals surface area contributed by atoms with Crippen LogP contribution in [0, 0.1) is 5.82 Å². The third-order valence-electron chi connectivity index (χ3n) is 4.82.